The molecule has 0 atom stereocenters. The molecule has 1 heterocycles. The Labute approximate surface area is 166 Å². The number of benzene rings is 2. The molecule has 0 saturated carbocycles. The first kappa shape index (κ1) is 19.5. The second-order valence-corrected chi connectivity index (χ2v) is 6.46. The number of rotatable bonds is 8. The highest BCUT2D eigenvalue weighted by Gasteiger charge is 2.01. The molecule has 3 aromatic rings. The van der Waals surface area contributed by atoms with Crippen LogP contribution >= 0.6 is 0 Å². The summed E-state index contributed by atoms with van der Waals surface area (Å²) in [5.41, 5.74) is 3.56. The van der Waals surface area contributed by atoms with Gasteiger partial charge < -0.3 is 19.9 Å². The largest absolute Gasteiger partial charge is 0.497 e. The van der Waals surface area contributed by atoms with Gasteiger partial charge in [-0.3, -0.25) is 0 Å². The summed E-state index contributed by atoms with van der Waals surface area (Å²) in [6, 6.07) is 16.5. The molecule has 0 aliphatic rings. The smallest absolute Gasteiger partial charge is 0.191 e. The van der Waals surface area contributed by atoms with Gasteiger partial charge in [-0.15, -0.1) is 0 Å². The molecule has 2 N–H and O–H groups in total. The molecule has 6 nitrogen and oxygen atoms in total. The number of imidazole rings is 1. The molecule has 28 heavy (non-hydrogen) atoms. The third-order valence-corrected chi connectivity index (χ3v) is 4.27. The molecule has 146 valence electrons. The molecular formula is C22H27N5O. The lowest BCUT2D eigenvalue weighted by molar-refractivity contribution is 0.414. The van der Waals surface area contributed by atoms with Crippen molar-refractivity contribution in [3.63, 3.8) is 0 Å². The number of guanidine groups is 1. The number of aliphatic imine (C=N–C) groups is 1. The van der Waals surface area contributed by atoms with Gasteiger partial charge in [-0.25, -0.2) is 9.98 Å². The zero-order valence-corrected chi connectivity index (χ0v) is 16.4. The van der Waals surface area contributed by atoms with Gasteiger partial charge in [0.25, 0.3) is 0 Å². The monoisotopic (exact) mass is 377 g/mol. The van der Waals surface area contributed by atoms with Crippen molar-refractivity contribution in [3.8, 4) is 5.75 Å². The summed E-state index contributed by atoms with van der Waals surface area (Å²) in [5, 5.41) is 6.68. The van der Waals surface area contributed by atoms with E-state index < -0.39 is 0 Å². The molecule has 0 aliphatic carbocycles. The van der Waals surface area contributed by atoms with E-state index in [-0.39, 0.29) is 0 Å². The Morgan fingerprint density at radius 2 is 1.89 bits per heavy atom. The molecule has 6 heteroatoms. The molecule has 0 bridgehead atoms. The van der Waals surface area contributed by atoms with Gasteiger partial charge in [0.2, 0.25) is 0 Å². The van der Waals surface area contributed by atoms with Crippen molar-refractivity contribution in [2.45, 2.75) is 26.6 Å². The summed E-state index contributed by atoms with van der Waals surface area (Å²) in [7, 11) is 1.68. The van der Waals surface area contributed by atoms with E-state index >= 15 is 0 Å². The predicted octanol–water partition coefficient (Wildman–Crippen LogP) is 3.20. The quantitative estimate of drug-likeness (QED) is 0.467. The third kappa shape index (κ3) is 5.87. The van der Waals surface area contributed by atoms with Gasteiger partial charge in [0.05, 0.1) is 20.0 Å². The van der Waals surface area contributed by atoms with Crippen molar-refractivity contribution in [1.82, 2.24) is 20.2 Å². The highest BCUT2D eigenvalue weighted by molar-refractivity contribution is 5.79. The van der Waals surface area contributed by atoms with E-state index in [2.05, 4.69) is 57.4 Å². The minimum absolute atomic E-state index is 0.616. The topological polar surface area (TPSA) is 63.5 Å². The van der Waals surface area contributed by atoms with E-state index in [1.54, 1.807) is 13.3 Å². The highest BCUT2D eigenvalue weighted by atomic mass is 16.5. The molecule has 2 aromatic carbocycles. The van der Waals surface area contributed by atoms with E-state index in [1.807, 2.05) is 30.7 Å². The molecule has 0 radical (unpaired) electrons. The lowest BCUT2D eigenvalue weighted by Gasteiger charge is -2.12. The number of hydrogen-bond acceptors (Lipinski definition) is 3. The maximum absolute atomic E-state index is 5.28. The Morgan fingerprint density at radius 1 is 1.07 bits per heavy atom. The second kappa shape index (κ2) is 10.2. The Balaban J connectivity index is 1.62. The SMILES string of the molecule is CCNC(=NCc1cccc(Cn2ccnc2)c1)NCc1cccc(OC)c1. The summed E-state index contributed by atoms with van der Waals surface area (Å²) >= 11 is 0. The minimum atomic E-state index is 0.616. The standard InChI is InChI=1S/C22H27N5O/c1-3-24-22(26-15-19-7-5-9-21(13-19)28-2)25-14-18-6-4-8-20(12-18)16-27-11-10-23-17-27/h4-13,17H,3,14-16H2,1-2H3,(H2,24,25,26). The fourth-order valence-corrected chi connectivity index (χ4v) is 2.90. The number of aromatic nitrogens is 2. The van der Waals surface area contributed by atoms with Crippen molar-refractivity contribution in [3.05, 3.63) is 83.9 Å². The second-order valence-electron chi connectivity index (χ2n) is 6.46. The fraction of sp³-hybridized carbons (Fsp3) is 0.273. The molecule has 0 amide bonds. The van der Waals surface area contributed by atoms with Crippen molar-refractivity contribution >= 4 is 5.96 Å². The molecule has 0 fully saturated rings. The summed E-state index contributed by atoms with van der Waals surface area (Å²) < 4.78 is 7.34. The number of methoxy groups -OCH3 is 1. The van der Waals surface area contributed by atoms with Crippen LogP contribution in [0.15, 0.2) is 72.2 Å². The van der Waals surface area contributed by atoms with Gasteiger partial charge in [-0.05, 0) is 35.7 Å². The Hall–Kier alpha value is -3.28. The van der Waals surface area contributed by atoms with Crippen LogP contribution in [0.2, 0.25) is 0 Å². The number of nitrogens with one attached hydrogen (secondary N) is 2. The van der Waals surface area contributed by atoms with Crippen molar-refractivity contribution in [1.29, 1.82) is 0 Å². The molecule has 0 aliphatic heterocycles. The maximum Gasteiger partial charge on any atom is 0.191 e. The normalized spacial score (nSPS) is 11.3. The van der Waals surface area contributed by atoms with E-state index in [0.29, 0.717) is 13.1 Å². The Bertz CT molecular complexity index is 889. The van der Waals surface area contributed by atoms with Crippen LogP contribution in [0, 0.1) is 0 Å². The van der Waals surface area contributed by atoms with Crippen LogP contribution in [-0.4, -0.2) is 29.2 Å². The van der Waals surface area contributed by atoms with Crippen LogP contribution in [0.5, 0.6) is 5.75 Å². The van der Waals surface area contributed by atoms with Gasteiger partial charge >= 0.3 is 0 Å². The van der Waals surface area contributed by atoms with Crippen LogP contribution in [0.4, 0.5) is 0 Å². The van der Waals surface area contributed by atoms with Crippen LogP contribution < -0.4 is 15.4 Å². The minimum Gasteiger partial charge on any atom is -0.497 e. The molecule has 0 unspecified atom stereocenters. The number of nitrogens with zero attached hydrogens (tertiary/aromatic N) is 3. The molecule has 0 spiro atoms. The van der Waals surface area contributed by atoms with Gasteiger partial charge in [-0.1, -0.05) is 36.4 Å². The summed E-state index contributed by atoms with van der Waals surface area (Å²) in [4.78, 5) is 8.82. The zero-order valence-electron chi connectivity index (χ0n) is 16.4. The molecular weight excluding hydrogens is 350 g/mol. The first-order chi connectivity index (χ1) is 13.8. The van der Waals surface area contributed by atoms with Crippen LogP contribution in [0.1, 0.15) is 23.6 Å². The maximum atomic E-state index is 5.28. The zero-order chi connectivity index (χ0) is 19.6. The van der Waals surface area contributed by atoms with Gasteiger partial charge in [-0.2, -0.15) is 0 Å². The van der Waals surface area contributed by atoms with Crippen LogP contribution in [-0.2, 0) is 19.6 Å². The Morgan fingerprint density at radius 3 is 2.68 bits per heavy atom. The van der Waals surface area contributed by atoms with E-state index in [1.165, 1.54) is 11.1 Å². The number of hydrogen-bond donors (Lipinski definition) is 2. The lowest BCUT2D eigenvalue weighted by Crippen LogP contribution is -2.36. The van der Waals surface area contributed by atoms with E-state index in [9.17, 15) is 0 Å². The summed E-state index contributed by atoms with van der Waals surface area (Å²) in [5.74, 6) is 1.65. The fourth-order valence-electron chi connectivity index (χ4n) is 2.90. The van der Waals surface area contributed by atoms with Crippen LogP contribution in [0.3, 0.4) is 0 Å². The van der Waals surface area contributed by atoms with Crippen molar-refractivity contribution in [2.75, 3.05) is 13.7 Å². The molecule has 3 rings (SSSR count). The van der Waals surface area contributed by atoms with E-state index in [4.69, 9.17) is 9.73 Å². The lowest BCUT2D eigenvalue weighted by atomic mass is 10.1. The van der Waals surface area contributed by atoms with Gasteiger partial charge in [0, 0.05) is 32.0 Å². The van der Waals surface area contributed by atoms with Crippen molar-refractivity contribution < 1.29 is 4.74 Å². The van der Waals surface area contributed by atoms with Crippen LogP contribution in [0.25, 0.3) is 0 Å². The Kier molecular flexibility index (Phi) is 7.07. The van der Waals surface area contributed by atoms with Crippen molar-refractivity contribution in [2.24, 2.45) is 4.99 Å². The van der Waals surface area contributed by atoms with Gasteiger partial charge in [0.15, 0.2) is 5.96 Å². The molecule has 0 saturated heterocycles. The first-order valence-corrected chi connectivity index (χ1v) is 9.45. The van der Waals surface area contributed by atoms with Gasteiger partial charge in [0.1, 0.15) is 5.75 Å². The highest BCUT2D eigenvalue weighted by Crippen LogP contribution is 2.12. The third-order valence-electron chi connectivity index (χ3n) is 4.27. The summed E-state index contributed by atoms with van der Waals surface area (Å²) in [6.45, 7) is 4.99. The first-order valence-electron chi connectivity index (χ1n) is 9.45. The predicted molar refractivity (Wildman–Crippen MR) is 112 cm³/mol. The summed E-state index contributed by atoms with van der Waals surface area (Å²) in [6.07, 6.45) is 5.60. The average molecular weight is 377 g/mol. The van der Waals surface area contributed by atoms with E-state index in [0.717, 1.165) is 30.4 Å². The number of ether oxygens (including phenoxy) is 1. The molecule has 1 aromatic heterocycles. The average Bonchev–Trinajstić information content (AvgIpc) is 3.23.